The van der Waals surface area contributed by atoms with Crippen molar-refractivity contribution >= 4 is 28.1 Å². The molecule has 0 unspecified atom stereocenters. The zero-order valence-electron chi connectivity index (χ0n) is 9.62. The van der Waals surface area contributed by atoms with Crippen LogP contribution in [-0.2, 0) is 0 Å². The Labute approximate surface area is 107 Å². The summed E-state index contributed by atoms with van der Waals surface area (Å²) in [5.41, 5.74) is 7.24. The standard InChI is InChI=1S/C12H10N4OS/c1-7-15-12(18-16-7)17-10-5-4-9(13)11-8(10)3-2-6-14-11/h2-6H,13H2,1H3. The minimum absolute atomic E-state index is 0.516. The molecule has 0 spiro atoms. The second-order valence-corrected chi connectivity index (χ2v) is 4.48. The maximum absolute atomic E-state index is 5.88. The largest absolute Gasteiger partial charge is 0.429 e. The molecule has 2 heterocycles. The Morgan fingerprint density at radius 1 is 1.28 bits per heavy atom. The van der Waals surface area contributed by atoms with Crippen molar-refractivity contribution in [2.45, 2.75) is 6.92 Å². The molecule has 5 nitrogen and oxygen atoms in total. The lowest BCUT2D eigenvalue weighted by atomic mass is 10.2. The lowest BCUT2D eigenvalue weighted by molar-refractivity contribution is 0.483. The normalized spacial score (nSPS) is 10.7. The second kappa shape index (κ2) is 4.23. The molecule has 0 amide bonds. The number of benzene rings is 1. The Morgan fingerprint density at radius 2 is 2.17 bits per heavy atom. The van der Waals surface area contributed by atoms with Crippen molar-refractivity contribution < 1.29 is 4.74 Å². The number of hydrogen-bond donors (Lipinski definition) is 1. The number of nitrogens with two attached hydrogens (primary N) is 1. The van der Waals surface area contributed by atoms with E-state index in [4.69, 9.17) is 10.5 Å². The van der Waals surface area contributed by atoms with Crippen molar-refractivity contribution in [1.82, 2.24) is 14.3 Å². The van der Waals surface area contributed by atoms with Gasteiger partial charge in [0, 0.05) is 23.1 Å². The van der Waals surface area contributed by atoms with Gasteiger partial charge in [0.15, 0.2) is 0 Å². The minimum atomic E-state index is 0.516. The van der Waals surface area contributed by atoms with Gasteiger partial charge in [-0.15, -0.1) is 0 Å². The fourth-order valence-corrected chi connectivity index (χ4v) is 2.22. The Kier molecular flexibility index (Phi) is 2.56. The molecule has 0 saturated carbocycles. The molecule has 1 aromatic carbocycles. The molecule has 0 saturated heterocycles. The fraction of sp³-hybridized carbons (Fsp3) is 0.0833. The van der Waals surface area contributed by atoms with Gasteiger partial charge in [-0.1, -0.05) is 0 Å². The Balaban J connectivity index is 2.09. The van der Waals surface area contributed by atoms with Crippen molar-refractivity contribution in [3.63, 3.8) is 0 Å². The van der Waals surface area contributed by atoms with E-state index in [0.717, 1.165) is 10.9 Å². The molecule has 0 atom stereocenters. The van der Waals surface area contributed by atoms with Crippen LogP contribution in [0.15, 0.2) is 30.5 Å². The van der Waals surface area contributed by atoms with Crippen LogP contribution in [0.5, 0.6) is 10.9 Å². The number of nitrogens with zero attached hydrogens (tertiary/aromatic N) is 3. The van der Waals surface area contributed by atoms with Gasteiger partial charge in [0.05, 0.1) is 11.2 Å². The van der Waals surface area contributed by atoms with Crippen LogP contribution in [-0.4, -0.2) is 14.3 Å². The van der Waals surface area contributed by atoms with E-state index < -0.39 is 0 Å². The van der Waals surface area contributed by atoms with Gasteiger partial charge in [0.1, 0.15) is 11.6 Å². The van der Waals surface area contributed by atoms with Crippen LogP contribution in [0.4, 0.5) is 5.69 Å². The fourth-order valence-electron chi connectivity index (χ4n) is 1.67. The topological polar surface area (TPSA) is 73.9 Å². The summed E-state index contributed by atoms with van der Waals surface area (Å²) < 4.78 is 9.79. The Bertz CT molecular complexity index is 710. The lowest BCUT2D eigenvalue weighted by Crippen LogP contribution is -1.92. The summed E-state index contributed by atoms with van der Waals surface area (Å²) in [5.74, 6) is 1.39. The van der Waals surface area contributed by atoms with E-state index in [9.17, 15) is 0 Å². The summed E-state index contributed by atoms with van der Waals surface area (Å²) in [6.07, 6.45) is 1.71. The molecule has 2 aromatic heterocycles. The van der Waals surface area contributed by atoms with Crippen molar-refractivity contribution in [3.05, 3.63) is 36.3 Å². The summed E-state index contributed by atoms with van der Waals surface area (Å²) in [6.45, 7) is 1.83. The number of nitrogen functional groups attached to an aromatic ring is 1. The first-order chi connectivity index (χ1) is 8.74. The van der Waals surface area contributed by atoms with Crippen molar-refractivity contribution in [3.8, 4) is 10.9 Å². The third-order valence-electron chi connectivity index (χ3n) is 2.47. The highest BCUT2D eigenvalue weighted by Crippen LogP contribution is 2.32. The highest BCUT2D eigenvalue weighted by Gasteiger charge is 2.09. The average molecular weight is 258 g/mol. The Hall–Kier alpha value is -2.21. The van der Waals surface area contributed by atoms with E-state index in [1.807, 2.05) is 25.1 Å². The third kappa shape index (κ3) is 1.86. The lowest BCUT2D eigenvalue weighted by Gasteiger charge is -2.06. The summed E-state index contributed by atoms with van der Waals surface area (Å²) >= 11 is 1.22. The number of aryl methyl sites for hydroxylation is 1. The van der Waals surface area contributed by atoms with Crippen LogP contribution < -0.4 is 10.5 Å². The van der Waals surface area contributed by atoms with E-state index in [1.54, 1.807) is 12.3 Å². The second-order valence-electron chi connectivity index (χ2n) is 3.76. The first-order valence-corrected chi connectivity index (χ1v) is 6.13. The molecule has 0 fully saturated rings. The van der Waals surface area contributed by atoms with E-state index in [-0.39, 0.29) is 0 Å². The maximum atomic E-state index is 5.88. The van der Waals surface area contributed by atoms with Gasteiger partial charge in [-0.05, 0) is 31.2 Å². The summed E-state index contributed by atoms with van der Waals surface area (Å²) in [6, 6.07) is 7.36. The van der Waals surface area contributed by atoms with Crippen molar-refractivity contribution in [1.29, 1.82) is 0 Å². The molecule has 0 bridgehead atoms. The van der Waals surface area contributed by atoms with Crippen LogP contribution >= 0.6 is 11.5 Å². The van der Waals surface area contributed by atoms with Gasteiger partial charge < -0.3 is 10.5 Å². The zero-order chi connectivity index (χ0) is 12.5. The van der Waals surface area contributed by atoms with Crippen LogP contribution in [0.2, 0.25) is 0 Å². The molecule has 3 aromatic rings. The summed E-state index contributed by atoms with van der Waals surface area (Å²) in [4.78, 5) is 8.42. The average Bonchev–Trinajstić information content (AvgIpc) is 2.79. The van der Waals surface area contributed by atoms with Crippen LogP contribution in [0.1, 0.15) is 5.82 Å². The number of rotatable bonds is 2. The van der Waals surface area contributed by atoms with Gasteiger partial charge in [-0.3, -0.25) is 4.98 Å². The van der Waals surface area contributed by atoms with Crippen LogP contribution in [0, 0.1) is 6.92 Å². The minimum Gasteiger partial charge on any atom is -0.429 e. The van der Waals surface area contributed by atoms with Crippen molar-refractivity contribution in [2.75, 3.05) is 5.73 Å². The summed E-state index contributed by atoms with van der Waals surface area (Å²) in [5, 5.41) is 1.38. The predicted molar refractivity (Wildman–Crippen MR) is 70.9 cm³/mol. The number of ether oxygens (including phenoxy) is 1. The number of fused-ring (bicyclic) bond motifs is 1. The smallest absolute Gasteiger partial charge is 0.298 e. The zero-order valence-corrected chi connectivity index (χ0v) is 10.4. The van der Waals surface area contributed by atoms with E-state index in [0.29, 0.717) is 22.5 Å². The highest BCUT2D eigenvalue weighted by atomic mass is 32.1. The van der Waals surface area contributed by atoms with Gasteiger partial charge in [0.2, 0.25) is 0 Å². The SMILES string of the molecule is Cc1nsc(Oc2ccc(N)c3ncccc23)n1. The molecule has 6 heteroatoms. The first-order valence-electron chi connectivity index (χ1n) is 5.35. The number of hydrogen-bond acceptors (Lipinski definition) is 6. The molecular formula is C12H10N4OS. The predicted octanol–water partition coefficient (Wildman–Crippen LogP) is 2.77. The van der Waals surface area contributed by atoms with E-state index in [1.165, 1.54) is 11.5 Å². The molecular weight excluding hydrogens is 248 g/mol. The first kappa shape index (κ1) is 10.9. The van der Waals surface area contributed by atoms with Crippen LogP contribution in [0.25, 0.3) is 10.9 Å². The number of anilines is 1. The molecule has 0 radical (unpaired) electrons. The third-order valence-corrected chi connectivity index (χ3v) is 3.15. The Morgan fingerprint density at radius 3 is 2.94 bits per heavy atom. The van der Waals surface area contributed by atoms with Gasteiger partial charge in [-0.25, -0.2) is 0 Å². The monoisotopic (exact) mass is 258 g/mol. The molecule has 0 aliphatic heterocycles. The van der Waals surface area contributed by atoms with Gasteiger partial charge >= 0.3 is 0 Å². The summed E-state index contributed by atoms with van der Waals surface area (Å²) in [7, 11) is 0. The number of pyridine rings is 1. The molecule has 0 aliphatic rings. The van der Waals surface area contributed by atoms with Crippen LogP contribution in [0.3, 0.4) is 0 Å². The maximum Gasteiger partial charge on any atom is 0.298 e. The molecule has 0 aliphatic carbocycles. The van der Waals surface area contributed by atoms with Gasteiger partial charge in [0.25, 0.3) is 5.19 Å². The van der Waals surface area contributed by atoms with Gasteiger partial charge in [-0.2, -0.15) is 9.36 Å². The quantitative estimate of drug-likeness (QED) is 0.715. The highest BCUT2D eigenvalue weighted by molar-refractivity contribution is 7.07. The van der Waals surface area contributed by atoms with E-state index >= 15 is 0 Å². The number of aromatic nitrogens is 3. The molecule has 90 valence electrons. The molecule has 3 rings (SSSR count). The van der Waals surface area contributed by atoms with Crippen molar-refractivity contribution in [2.24, 2.45) is 0 Å². The molecule has 2 N–H and O–H groups in total. The molecule has 18 heavy (non-hydrogen) atoms. The van der Waals surface area contributed by atoms with E-state index in [2.05, 4.69) is 14.3 Å².